The second-order valence-corrected chi connectivity index (χ2v) is 4.78. The van der Waals surface area contributed by atoms with Gasteiger partial charge in [0, 0.05) is 12.1 Å². The van der Waals surface area contributed by atoms with E-state index in [4.69, 9.17) is 16.2 Å². The Morgan fingerprint density at radius 2 is 2.10 bits per heavy atom. The van der Waals surface area contributed by atoms with Crippen LogP contribution in [0, 0.1) is 0 Å². The number of carbonyl (C=O) groups is 1. The summed E-state index contributed by atoms with van der Waals surface area (Å²) in [6.45, 7) is 3.53. The lowest BCUT2D eigenvalue weighted by Crippen LogP contribution is -2.40. The van der Waals surface area contributed by atoms with E-state index >= 15 is 0 Å². The van der Waals surface area contributed by atoms with Gasteiger partial charge >= 0.3 is 0 Å². The van der Waals surface area contributed by atoms with Crippen LogP contribution in [0.25, 0.3) is 0 Å². The van der Waals surface area contributed by atoms with Crippen LogP contribution in [0.1, 0.15) is 31.4 Å². The van der Waals surface area contributed by atoms with Gasteiger partial charge in [-0.3, -0.25) is 9.69 Å². The van der Waals surface area contributed by atoms with E-state index < -0.39 is 0 Å². The fourth-order valence-corrected chi connectivity index (χ4v) is 2.32. The Balaban J connectivity index is 3.01. The van der Waals surface area contributed by atoms with Crippen LogP contribution >= 0.6 is 0 Å². The van der Waals surface area contributed by atoms with Gasteiger partial charge in [0.15, 0.2) is 0 Å². The number of benzene rings is 1. The number of ether oxygens (including phenoxy) is 1. The average Bonchev–Trinajstić information content (AvgIpc) is 2.45. The summed E-state index contributed by atoms with van der Waals surface area (Å²) < 4.78 is 5.39. The normalized spacial score (nSPS) is 12.4. The Morgan fingerprint density at radius 3 is 2.65 bits per heavy atom. The molecule has 1 rings (SSSR count). The molecule has 112 valence electrons. The fraction of sp³-hybridized carbons (Fsp3) is 0.533. The first-order valence-electron chi connectivity index (χ1n) is 6.99. The third-order valence-electron chi connectivity index (χ3n) is 3.32. The average molecular weight is 279 g/mol. The summed E-state index contributed by atoms with van der Waals surface area (Å²) in [6, 6.07) is 7.69. The maximum absolute atomic E-state index is 11.3. The standard InChI is InChI=1S/C15H25N3O2/c1-3-4-9-18(11-15(17)19)13(10-16)12-7-5-6-8-14(12)20-2/h5-8,13H,3-4,9-11,16H2,1-2H3,(H2,17,19). The maximum Gasteiger partial charge on any atom is 0.231 e. The molecule has 1 atom stereocenters. The van der Waals surface area contributed by atoms with Gasteiger partial charge in [0.1, 0.15) is 5.75 Å². The van der Waals surface area contributed by atoms with Crippen molar-refractivity contribution in [3.8, 4) is 5.75 Å². The predicted molar refractivity (Wildman–Crippen MR) is 80.5 cm³/mol. The molecule has 1 aromatic rings. The smallest absolute Gasteiger partial charge is 0.231 e. The van der Waals surface area contributed by atoms with Crippen molar-refractivity contribution in [3.63, 3.8) is 0 Å². The SMILES string of the molecule is CCCCN(CC(N)=O)C(CN)c1ccccc1OC. The van der Waals surface area contributed by atoms with Gasteiger partial charge in [-0.25, -0.2) is 0 Å². The van der Waals surface area contributed by atoms with E-state index in [-0.39, 0.29) is 18.5 Å². The molecule has 0 fully saturated rings. The van der Waals surface area contributed by atoms with Crippen LogP contribution in [0.15, 0.2) is 24.3 Å². The number of carbonyl (C=O) groups excluding carboxylic acids is 1. The van der Waals surface area contributed by atoms with Gasteiger partial charge in [-0.05, 0) is 19.0 Å². The summed E-state index contributed by atoms with van der Waals surface area (Å²) in [6.07, 6.45) is 2.05. The minimum atomic E-state index is -0.338. The van der Waals surface area contributed by atoms with Crippen molar-refractivity contribution in [1.82, 2.24) is 4.90 Å². The van der Waals surface area contributed by atoms with E-state index in [9.17, 15) is 4.79 Å². The molecule has 0 saturated carbocycles. The molecule has 1 unspecified atom stereocenters. The third kappa shape index (κ3) is 4.51. The molecule has 0 heterocycles. The lowest BCUT2D eigenvalue weighted by molar-refractivity contribution is -0.119. The zero-order valence-corrected chi connectivity index (χ0v) is 12.3. The second kappa shape index (κ2) is 8.55. The Labute approximate surface area is 120 Å². The highest BCUT2D eigenvalue weighted by atomic mass is 16.5. The third-order valence-corrected chi connectivity index (χ3v) is 3.32. The van der Waals surface area contributed by atoms with Crippen LogP contribution in [0.3, 0.4) is 0 Å². The molecule has 0 radical (unpaired) electrons. The summed E-state index contributed by atoms with van der Waals surface area (Å²) in [4.78, 5) is 13.3. The largest absolute Gasteiger partial charge is 0.496 e. The Hall–Kier alpha value is -1.59. The molecule has 0 saturated heterocycles. The molecule has 0 aliphatic rings. The number of hydrogen-bond acceptors (Lipinski definition) is 4. The number of methoxy groups -OCH3 is 1. The highest BCUT2D eigenvalue weighted by Crippen LogP contribution is 2.28. The zero-order chi connectivity index (χ0) is 15.0. The Morgan fingerprint density at radius 1 is 1.40 bits per heavy atom. The van der Waals surface area contributed by atoms with Gasteiger partial charge in [-0.2, -0.15) is 0 Å². The van der Waals surface area contributed by atoms with Crippen molar-refractivity contribution in [3.05, 3.63) is 29.8 Å². The number of nitrogens with two attached hydrogens (primary N) is 2. The van der Waals surface area contributed by atoms with Crippen molar-refractivity contribution in [2.45, 2.75) is 25.8 Å². The summed E-state index contributed by atoms with van der Waals surface area (Å²) in [5.74, 6) is 0.448. The lowest BCUT2D eigenvalue weighted by atomic mass is 10.0. The fourth-order valence-electron chi connectivity index (χ4n) is 2.32. The molecule has 0 aliphatic carbocycles. The van der Waals surface area contributed by atoms with Crippen LogP contribution in [0.2, 0.25) is 0 Å². The molecule has 20 heavy (non-hydrogen) atoms. The molecule has 1 aromatic carbocycles. The van der Waals surface area contributed by atoms with E-state index in [1.807, 2.05) is 29.2 Å². The van der Waals surface area contributed by atoms with Crippen molar-refractivity contribution < 1.29 is 9.53 Å². The van der Waals surface area contributed by atoms with Crippen molar-refractivity contribution in [1.29, 1.82) is 0 Å². The van der Waals surface area contributed by atoms with E-state index in [1.165, 1.54) is 0 Å². The van der Waals surface area contributed by atoms with E-state index in [1.54, 1.807) is 7.11 Å². The number of amides is 1. The molecule has 0 aromatic heterocycles. The van der Waals surface area contributed by atoms with Crippen molar-refractivity contribution in [2.24, 2.45) is 11.5 Å². The van der Waals surface area contributed by atoms with Gasteiger partial charge < -0.3 is 16.2 Å². The molecule has 5 heteroatoms. The number of rotatable bonds is 9. The molecule has 0 aliphatic heterocycles. The predicted octanol–water partition coefficient (Wildman–Crippen LogP) is 1.28. The molecular formula is C15H25N3O2. The molecular weight excluding hydrogens is 254 g/mol. The van der Waals surface area contributed by atoms with Crippen molar-refractivity contribution >= 4 is 5.91 Å². The lowest BCUT2D eigenvalue weighted by Gasteiger charge is -2.31. The van der Waals surface area contributed by atoms with E-state index in [2.05, 4.69) is 6.92 Å². The minimum Gasteiger partial charge on any atom is -0.496 e. The monoisotopic (exact) mass is 279 g/mol. The molecule has 1 amide bonds. The quantitative estimate of drug-likeness (QED) is 0.713. The zero-order valence-electron chi connectivity index (χ0n) is 12.3. The molecule has 0 bridgehead atoms. The first-order valence-corrected chi connectivity index (χ1v) is 6.99. The maximum atomic E-state index is 11.3. The van der Waals surface area contributed by atoms with E-state index in [0.717, 1.165) is 30.7 Å². The number of unbranched alkanes of at least 4 members (excludes halogenated alkanes) is 1. The van der Waals surface area contributed by atoms with Crippen LogP contribution < -0.4 is 16.2 Å². The number of nitrogens with zero attached hydrogens (tertiary/aromatic N) is 1. The second-order valence-electron chi connectivity index (χ2n) is 4.78. The van der Waals surface area contributed by atoms with Gasteiger partial charge in [0.25, 0.3) is 0 Å². The van der Waals surface area contributed by atoms with Gasteiger partial charge in [0.2, 0.25) is 5.91 Å². The van der Waals surface area contributed by atoms with Gasteiger partial charge in [-0.1, -0.05) is 31.5 Å². The number of hydrogen-bond donors (Lipinski definition) is 2. The van der Waals surface area contributed by atoms with Crippen molar-refractivity contribution in [2.75, 3.05) is 26.7 Å². The highest BCUT2D eigenvalue weighted by molar-refractivity contribution is 5.76. The first kappa shape index (κ1) is 16.5. The van der Waals surface area contributed by atoms with Crippen LogP contribution in [-0.2, 0) is 4.79 Å². The van der Waals surface area contributed by atoms with Crippen LogP contribution in [-0.4, -0.2) is 37.6 Å². The van der Waals surface area contributed by atoms with Gasteiger partial charge in [0.05, 0.1) is 19.7 Å². The number of primary amides is 1. The van der Waals surface area contributed by atoms with Gasteiger partial charge in [-0.15, -0.1) is 0 Å². The van der Waals surface area contributed by atoms with Crippen LogP contribution in [0.5, 0.6) is 5.75 Å². The summed E-state index contributed by atoms with van der Waals surface area (Å²) in [7, 11) is 1.64. The molecule has 4 N–H and O–H groups in total. The number of para-hydroxylation sites is 1. The molecule has 0 spiro atoms. The first-order chi connectivity index (χ1) is 9.63. The Kier molecular flexibility index (Phi) is 7.04. The van der Waals surface area contributed by atoms with E-state index in [0.29, 0.717) is 6.54 Å². The van der Waals surface area contributed by atoms with Crippen LogP contribution in [0.4, 0.5) is 0 Å². The molecule has 5 nitrogen and oxygen atoms in total. The Bertz CT molecular complexity index is 423. The summed E-state index contributed by atoms with van der Waals surface area (Å²) >= 11 is 0. The summed E-state index contributed by atoms with van der Waals surface area (Å²) in [5, 5.41) is 0. The highest BCUT2D eigenvalue weighted by Gasteiger charge is 2.22. The topological polar surface area (TPSA) is 81.6 Å². The minimum absolute atomic E-state index is 0.0646. The summed E-state index contributed by atoms with van der Waals surface area (Å²) in [5.41, 5.74) is 12.3.